The molecule has 2 amide bonds. The lowest BCUT2D eigenvalue weighted by atomic mass is 9.91. The smallest absolute Gasteiger partial charge is 0.407 e. The number of benzene rings is 2. The minimum absolute atomic E-state index is 0.00525. The molecule has 0 spiro atoms. The van der Waals surface area contributed by atoms with Crippen molar-refractivity contribution in [3.8, 4) is 11.1 Å². The number of ether oxygens (including phenoxy) is 2. The van der Waals surface area contributed by atoms with Crippen LogP contribution in [-0.4, -0.2) is 65.9 Å². The maximum absolute atomic E-state index is 13.1. The standard InChI is InChI=1S/C26H28N2O6/c1-2-22(23(29)28-13-16-11-12-34-26(16,15-28)24(30)31)27-25(32)33-14-21-19-9-5-3-7-17(19)18-8-4-6-10-20(18)21/h3-10,16,21-22H,2,11-15H2,1H3,(H,27,32)(H,30,31). The molecule has 5 rings (SSSR count). The van der Waals surface area contributed by atoms with E-state index in [9.17, 15) is 19.5 Å². The molecule has 34 heavy (non-hydrogen) atoms. The average Bonchev–Trinajstić information content (AvgIpc) is 3.51. The zero-order valence-corrected chi connectivity index (χ0v) is 19.0. The van der Waals surface area contributed by atoms with E-state index >= 15 is 0 Å². The minimum atomic E-state index is -1.34. The van der Waals surface area contributed by atoms with Crippen molar-refractivity contribution in [3.05, 3.63) is 59.7 Å². The number of alkyl carbamates (subject to hydrolysis) is 1. The van der Waals surface area contributed by atoms with Crippen molar-refractivity contribution >= 4 is 18.0 Å². The summed E-state index contributed by atoms with van der Waals surface area (Å²) in [6, 6.07) is 15.4. The zero-order valence-electron chi connectivity index (χ0n) is 19.0. The number of carbonyl (C=O) groups excluding carboxylic acids is 2. The SMILES string of the molecule is CCC(NC(=O)OCC1c2ccccc2-c2ccccc21)C(=O)N1CC2CCOC2(C(=O)O)C1. The normalized spacial score (nSPS) is 23.7. The Balaban J connectivity index is 1.22. The number of hydrogen-bond acceptors (Lipinski definition) is 5. The molecule has 3 atom stereocenters. The molecule has 8 heteroatoms. The number of fused-ring (bicyclic) bond motifs is 4. The Labute approximate surface area is 197 Å². The van der Waals surface area contributed by atoms with Crippen molar-refractivity contribution in [2.24, 2.45) is 5.92 Å². The van der Waals surface area contributed by atoms with Crippen molar-refractivity contribution in [3.63, 3.8) is 0 Å². The molecule has 0 aromatic heterocycles. The van der Waals surface area contributed by atoms with Gasteiger partial charge in [-0.1, -0.05) is 55.5 Å². The molecule has 0 radical (unpaired) electrons. The average molecular weight is 465 g/mol. The highest BCUT2D eigenvalue weighted by molar-refractivity contribution is 5.88. The Morgan fingerprint density at radius 1 is 1.15 bits per heavy atom. The van der Waals surface area contributed by atoms with E-state index in [4.69, 9.17) is 9.47 Å². The summed E-state index contributed by atoms with van der Waals surface area (Å²) >= 11 is 0. The lowest BCUT2D eigenvalue weighted by Crippen LogP contribution is -2.50. The molecular formula is C26H28N2O6. The fraction of sp³-hybridized carbons (Fsp3) is 0.423. The molecular weight excluding hydrogens is 436 g/mol. The summed E-state index contributed by atoms with van der Waals surface area (Å²) in [5, 5.41) is 12.4. The number of carbonyl (C=O) groups is 3. The van der Waals surface area contributed by atoms with Gasteiger partial charge in [0, 0.05) is 25.0 Å². The largest absolute Gasteiger partial charge is 0.479 e. The summed E-state index contributed by atoms with van der Waals surface area (Å²) in [4.78, 5) is 39.1. The van der Waals surface area contributed by atoms with Gasteiger partial charge in [-0.05, 0) is 35.1 Å². The first-order valence-electron chi connectivity index (χ1n) is 11.7. The Bertz CT molecular complexity index is 1090. The van der Waals surface area contributed by atoms with Gasteiger partial charge in [-0.2, -0.15) is 0 Å². The number of rotatable bonds is 6. The van der Waals surface area contributed by atoms with E-state index < -0.39 is 23.7 Å². The fourth-order valence-corrected chi connectivity index (χ4v) is 5.57. The molecule has 3 aliphatic rings. The summed E-state index contributed by atoms with van der Waals surface area (Å²) < 4.78 is 11.1. The lowest BCUT2D eigenvalue weighted by Gasteiger charge is -2.26. The van der Waals surface area contributed by atoms with Gasteiger partial charge in [0.05, 0.1) is 6.54 Å². The molecule has 1 aliphatic carbocycles. The predicted molar refractivity (Wildman–Crippen MR) is 123 cm³/mol. The molecule has 2 aromatic carbocycles. The monoisotopic (exact) mass is 464 g/mol. The van der Waals surface area contributed by atoms with Gasteiger partial charge in [0.1, 0.15) is 12.6 Å². The number of likely N-dealkylation sites (tertiary alicyclic amines) is 1. The predicted octanol–water partition coefficient (Wildman–Crippen LogP) is 3.01. The highest BCUT2D eigenvalue weighted by Crippen LogP contribution is 2.44. The van der Waals surface area contributed by atoms with E-state index in [1.165, 1.54) is 4.90 Å². The number of nitrogens with zero attached hydrogens (tertiary/aromatic N) is 1. The third-order valence-corrected chi connectivity index (χ3v) is 7.37. The summed E-state index contributed by atoms with van der Waals surface area (Å²) in [5.41, 5.74) is 3.17. The second-order valence-electron chi connectivity index (χ2n) is 9.18. The number of nitrogens with one attached hydrogen (secondary N) is 1. The molecule has 2 saturated heterocycles. The molecule has 2 aliphatic heterocycles. The van der Waals surface area contributed by atoms with Gasteiger partial charge >= 0.3 is 12.1 Å². The maximum atomic E-state index is 13.1. The number of carboxylic acid groups (broad SMARTS) is 1. The van der Waals surface area contributed by atoms with Crippen LogP contribution in [0.2, 0.25) is 0 Å². The van der Waals surface area contributed by atoms with Gasteiger partial charge < -0.3 is 24.8 Å². The molecule has 2 N–H and O–H groups in total. The number of carboxylic acids is 1. The van der Waals surface area contributed by atoms with Crippen molar-refractivity contribution in [1.82, 2.24) is 10.2 Å². The van der Waals surface area contributed by atoms with Crippen LogP contribution in [-0.2, 0) is 19.1 Å². The van der Waals surface area contributed by atoms with Crippen LogP contribution >= 0.6 is 0 Å². The van der Waals surface area contributed by atoms with Crippen LogP contribution < -0.4 is 5.32 Å². The van der Waals surface area contributed by atoms with Crippen molar-refractivity contribution in [2.45, 2.75) is 37.3 Å². The van der Waals surface area contributed by atoms with E-state index in [2.05, 4.69) is 17.4 Å². The third kappa shape index (κ3) is 3.62. The van der Waals surface area contributed by atoms with Gasteiger partial charge in [-0.3, -0.25) is 4.79 Å². The molecule has 2 heterocycles. The molecule has 8 nitrogen and oxygen atoms in total. The topological polar surface area (TPSA) is 105 Å². The first kappa shape index (κ1) is 22.4. The number of amides is 2. The van der Waals surface area contributed by atoms with E-state index in [0.717, 1.165) is 22.3 Å². The lowest BCUT2D eigenvalue weighted by molar-refractivity contribution is -0.161. The summed E-state index contributed by atoms with van der Waals surface area (Å²) in [6.45, 7) is 2.65. The molecule has 3 unspecified atom stereocenters. The summed E-state index contributed by atoms with van der Waals surface area (Å²) in [5.74, 6) is -1.65. The fourth-order valence-electron chi connectivity index (χ4n) is 5.57. The van der Waals surface area contributed by atoms with Crippen LogP contribution in [0.1, 0.15) is 36.8 Å². The van der Waals surface area contributed by atoms with Gasteiger partial charge in [0.25, 0.3) is 0 Å². The Morgan fingerprint density at radius 2 is 1.79 bits per heavy atom. The van der Waals surface area contributed by atoms with E-state index in [0.29, 0.717) is 26.0 Å². The summed E-state index contributed by atoms with van der Waals surface area (Å²) in [7, 11) is 0. The van der Waals surface area contributed by atoms with Crippen LogP contribution in [0.3, 0.4) is 0 Å². The zero-order chi connectivity index (χ0) is 23.9. The molecule has 2 aromatic rings. The van der Waals surface area contributed by atoms with Crippen LogP contribution in [0.25, 0.3) is 11.1 Å². The maximum Gasteiger partial charge on any atom is 0.407 e. The first-order valence-corrected chi connectivity index (χ1v) is 11.7. The van der Waals surface area contributed by atoms with Crippen LogP contribution in [0.4, 0.5) is 4.79 Å². The summed E-state index contributed by atoms with van der Waals surface area (Å²) in [6.07, 6.45) is 0.309. The van der Waals surface area contributed by atoms with Gasteiger partial charge in [-0.25, -0.2) is 9.59 Å². The molecule has 0 bridgehead atoms. The Kier molecular flexibility index (Phi) is 5.77. The highest BCUT2D eigenvalue weighted by atomic mass is 16.5. The van der Waals surface area contributed by atoms with E-state index in [-0.39, 0.29) is 30.9 Å². The van der Waals surface area contributed by atoms with E-state index in [1.54, 1.807) is 6.92 Å². The Morgan fingerprint density at radius 3 is 2.38 bits per heavy atom. The quantitative estimate of drug-likeness (QED) is 0.681. The van der Waals surface area contributed by atoms with E-state index in [1.807, 2.05) is 36.4 Å². The highest BCUT2D eigenvalue weighted by Gasteiger charge is 2.58. The number of aliphatic carboxylic acids is 1. The molecule has 2 fully saturated rings. The second kappa shape index (κ2) is 8.76. The van der Waals surface area contributed by atoms with Crippen LogP contribution in [0.5, 0.6) is 0 Å². The van der Waals surface area contributed by atoms with Crippen LogP contribution in [0, 0.1) is 5.92 Å². The first-order chi connectivity index (χ1) is 16.4. The van der Waals surface area contributed by atoms with Crippen molar-refractivity contribution < 1.29 is 29.0 Å². The third-order valence-electron chi connectivity index (χ3n) is 7.37. The van der Waals surface area contributed by atoms with Gasteiger partial charge in [-0.15, -0.1) is 0 Å². The molecule has 0 saturated carbocycles. The molecule has 178 valence electrons. The van der Waals surface area contributed by atoms with Crippen molar-refractivity contribution in [1.29, 1.82) is 0 Å². The Hall–Kier alpha value is -3.39. The van der Waals surface area contributed by atoms with Gasteiger partial charge in [0.2, 0.25) is 5.91 Å². The second-order valence-corrected chi connectivity index (χ2v) is 9.18. The van der Waals surface area contributed by atoms with Crippen molar-refractivity contribution in [2.75, 3.05) is 26.3 Å². The van der Waals surface area contributed by atoms with Gasteiger partial charge in [0.15, 0.2) is 5.60 Å². The number of hydrogen-bond donors (Lipinski definition) is 2. The van der Waals surface area contributed by atoms with Crippen LogP contribution in [0.15, 0.2) is 48.5 Å². The minimum Gasteiger partial charge on any atom is -0.479 e.